The molecule has 0 aliphatic heterocycles. The maximum atomic E-state index is 11.6. The molecule has 3 heteroatoms. The van der Waals surface area contributed by atoms with Gasteiger partial charge in [-0.3, -0.25) is 4.79 Å². The van der Waals surface area contributed by atoms with Gasteiger partial charge in [-0.1, -0.05) is 37.3 Å². The molecule has 124 valence electrons. The van der Waals surface area contributed by atoms with Crippen molar-refractivity contribution in [2.75, 3.05) is 6.61 Å². The summed E-state index contributed by atoms with van der Waals surface area (Å²) in [5.74, 6) is 0.827. The number of carbonyl (C=O) groups excluding carboxylic acids is 1. The van der Waals surface area contributed by atoms with Gasteiger partial charge in [-0.05, 0) is 43.5 Å². The Labute approximate surface area is 142 Å². The SMILES string of the molecule is CCCOc1ccc2c(c1)c(C=O)c(C)n2CCc1ccccc1. The van der Waals surface area contributed by atoms with E-state index in [2.05, 4.69) is 41.8 Å². The quantitative estimate of drug-likeness (QED) is 0.586. The number of carbonyl (C=O) groups is 1. The van der Waals surface area contributed by atoms with Gasteiger partial charge in [0.25, 0.3) is 0 Å². The summed E-state index contributed by atoms with van der Waals surface area (Å²) in [4.78, 5) is 11.6. The molecular formula is C21H23NO2. The normalized spacial score (nSPS) is 10.9. The summed E-state index contributed by atoms with van der Waals surface area (Å²) in [6.07, 6.45) is 2.87. The Morgan fingerprint density at radius 1 is 1.12 bits per heavy atom. The van der Waals surface area contributed by atoms with Crippen molar-refractivity contribution in [3.05, 3.63) is 65.4 Å². The van der Waals surface area contributed by atoms with Crippen LogP contribution in [0.3, 0.4) is 0 Å². The highest BCUT2D eigenvalue weighted by atomic mass is 16.5. The molecule has 24 heavy (non-hydrogen) atoms. The maximum absolute atomic E-state index is 11.6. The van der Waals surface area contributed by atoms with E-state index in [-0.39, 0.29) is 0 Å². The first kappa shape index (κ1) is 16.3. The molecule has 0 fully saturated rings. The molecule has 0 aliphatic carbocycles. The van der Waals surface area contributed by atoms with E-state index < -0.39 is 0 Å². The van der Waals surface area contributed by atoms with E-state index in [1.807, 2.05) is 25.1 Å². The maximum Gasteiger partial charge on any atom is 0.152 e. The van der Waals surface area contributed by atoms with E-state index in [0.29, 0.717) is 6.61 Å². The number of aromatic nitrogens is 1. The fourth-order valence-corrected chi connectivity index (χ4v) is 3.12. The summed E-state index contributed by atoms with van der Waals surface area (Å²) in [5, 5.41) is 0.976. The zero-order valence-corrected chi connectivity index (χ0v) is 14.3. The molecule has 3 rings (SSSR count). The topological polar surface area (TPSA) is 31.2 Å². The lowest BCUT2D eigenvalue weighted by Crippen LogP contribution is -2.03. The lowest BCUT2D eigenvalue weighted by atomic mass is 10.1. The first-order chi connectivity index (χ1) is 11.7. The third-order valence-corrected chi connectivity index (χ3v) is 4.40. The molecule has 0 amide bonds. The van der Waals surface area contributed by atoms with E-state index in [9.17, 15) is 4.79 Å². The first-order valence-corrected chi connectivity index (χ1v) is 8.49. The van der Waals surface area contributed by atoms with Crippen molar-refractivity contribution < 1.29 is 9.53 Å². The minimum absolute atomic E-state index is 0.690. The summed E-state index contributed by atoms with van der Waals surface area (Å²) in [6, 6.07) is 16.5. The van der Waals surface area contributed by atoms with Gasteiger partial charge in [-0.25, -0.2) is 0 Å². The molecule has 0 radical (unpaired) electrons. The van der Waals surface area contributed by atoms with Gasteiger partial charge < -0.3 is 9.30 Å². The Balaban J connectivity index is 1.95. The summed E-state index contributed by atoms with van der Waals surface area (Å²) < 4.78 is 7.95. The van der Waals surface area contributed by atoms with Crippen LogP contribution in [0.25, 0.3) is 10.9 Å². The van der Waals surface area contributed by atoms with Gasteiger partial charge >= 0.3 is 0 Å². The number of aryl methyl sites for hydroxylation is 2. The zero-order valence-electron chi connectivity index (χ0n) is 14.3. The second-order valence-corrected chi connectivity index (χ2v) is 6.03. The minimum Gasteiger partial charge on any atom is -0.494 e. The second-order valence-electron chi connectivity index (χ2n) is 6.03. The van der Waals surface area contributed by atoms with Gasteiger partial charge in [0.05, 0.1) is 6.61 Å². The van der Waals surface area contributed by atoms with Crippen LogP contribution in [0.15, 0.2) is 48.5 Å². The van der Waals surface area contributed by atoms with Crippen LogP contribution in [0.2, 0.25) is 0 Å². The average molecular weight is 321 g/mol. The molecule has 0 unspecified atom stereocenters. The number of fused-ring (bicyclic) bond motifs is 1. The molecule has 0 atom stereocenters. The van der Waals surface area contributed by atoms with Crippen molar-refractivity contribution in [3.63, 3.8) is 0 Å². The van der Waals surface area contributed by atoms with Crippen LogP contribution in [0, 0.1) is 6.92 Å². The fraction of sp³-hybridized carbons (Fsp3) is 0.286. The fourth-order valence-electron chi connectivity index (χ4n) is 3.12. The third kappa shape index (κ3) is 3.21. The Hall–Kier alpha value is -2.55. The van der Waals surface area contributed by atoms with Crippen LogP contribution < -0.4 is 4.74 Å². The Kier molecular flexibility index (Phi) is 4.99. The van der Waals surface area contributed by atoms with Crippen molar-refractivity contribution in [1.82, 2.24) is 4.57 Å². The number of hydrogen-bond acceptors (Lipinski definition) is 2. The lowest BCUT2D eigenvalue weighted by molar-refractivity contribution is 0.112. The minimum atomic E-state index is 0.690. The van der Waals surface area contributed by atoms with Gasteiger partial charge in [0.1, 0.15) is 5.75 Å². The third-order valence-electron chi connectivity index (χ3n) is 4.40. The highest BCUT2D eigenvalue weighted by Crippen LogP contribution is 2.29. The van der Waals surface area contributed by atoms with Gasteiger partial charge in [-0.15, -0.1) is 0 Å². The number of ether oxygens (including phenoxy) is 1. The standard InChI is InChI=1S/C21H23NO2/c1-3-13-24-18-9-10-21-19(14-18)20(15-23)16(2)22(21)12-11-17-7-5-4-6-8-17/h4-10,14-15H,3,11-13H2,1-2H3. The predicted molar refractivity (Wildman–Crippen MR) is 98.0 cm³/mol. The summed E-state index contributed by atoms with van der Waals surface area (Å²) in [5.41, 5.74) is 4.17. The number of rotatable bonds is 7. The lowest BCUT2D eigenvalue weighted by Gasteiger charge is -2.09. The molecule has 3 aromatic rings. The Morgan fingerprint density at radius 2 is 1.92 bits per heavy atom. The van der Waals surface area contributed by atoms with Crippen molar-refractivity contribution in [2.24, 2.45) is 0 Å². The molecule has 0 saturated heterocycles. The summed E-state index contributed by atoms with van der Waals surface area (Å²) in [7, 11) is 0. The Morgan fingerprint density at radius 3 is 2.62 bits per heavy atom. The molecule has 2 aromatic carbocycles. The Bertz CT molecular complexity index is 834. The van der Waals surface area contributed by atoms with Crippen LogP contribution in [-0.2, 0) is 13.0 Å². The molecule has 0 saturated carbocycles. The number of aldehydes is 1. The van der Waals surface area contributed by atoms with Crippen molar-refractivity contribution >= 4 is 17.2 Å². The average Bonchev–Trinajstić information content (AvgIpc) is 2.89. The molecule has 0 aliphatic rings. The van der Waals surface area contributed by atoms with Crippen LogP contribution in [0.1, 0.15) is 35.0 Å². The largest absolute Gasteiger partial charge is 0.494 e. The van der Waals surface area contributed by atoms with Gasteiger partial charge in [0, 0.05) is 28.7 Å². The van der Waals surface area contributed by atoms with Gasteiger partial charge in [-0.2, -0.15) is 0 Å². The number of hydrogen-bond donors (Lipinski definition) is 0. The van der Waals surface area contributed by atoms with Gasteiger partial charge in [0.2, 0.25) is 0 Å². The molecule has 3 nitrogen and oxygen atoms in total. The van der Waals surface area contributed by atoms with Crippen LogP contribution >= 0.6 is 0 Å². The molecule has 0 N–H and O–H groups in total. The highest BCUT2D eigenvalue weighted by Gasteiger charge is 2.14. The number of benzene rings is 2. The monoisotopic (exact) mass is 321 g/mol. The molecule has 1 heterocycles. The van der Waals surface area contributed by atoms with E-state index in [1.54, 1.807) is 0 Å². The highest BCUT2D eigenvalue weighted by molar-refractivity contribution is 6.00. The van der Waals surface area contributed by atoms with Crippen molar-refractivity contribution in [2.45, 2.75) is 33.2 Å². The van der Waals surface area contributed by atoms with Crippen molar-refractivity contribution in [1.29, 1.82) is 0 Å². The van der Waals surface area contributed by atoms with E-state index in [4.69, 9.17) is 4.74 Å². The predicted octanol–water partition coefficient (Wildman–Crippen LogP) is 4.79. The first-order valence-electron chi connectivity index (χ1n) is 8.49. The van der Waals surface area contributed by atoms with E-state index in [0.717, 1.165) is 53.6 Å². The van der Waals surface area contributed by atoms with Gasteiger partial charge in [0.15, 0.2) is 6.29 Å². The molecule has 0 spiro atoms. The molecular weight excluding hydrogens is 298 g/mol. The zero-order chi connectivity index (χ0) is 16.9. The molecule has 1 aromatic heterocycles. The second kappa shape index (κ2) is 7.35. The number of nitrogens with zero attached hydrogens (tertiary/aromatic N) is 1. The summed E-state index contributed by atoms with van der Waals surface area (Å²) >= 11 is 0. The smallest absolute Gasteiger partial charge is 0.152 e. The van der Waals surface area contributed by atoms with Crippen molar-refractivity contribution in [3.8, 4) is 5.75 Å². The van der Waals surface area contributed by atoms with Crippen LogP contribution in [0.5, 0.6) is 5.75 Å². The van der Waals surface area contributed by atoms with Crippen LogP contribution in [0.4, 0.5) is 0 Å². The summed E-state index contributed by atoms with van der Waals surface area (Å²) in [6.45, 7) is 5.64. The molecule has 0 bridgehead atoms. The van der Waals surface area contributed by atoms with E-state index in [1.165, 1.54) is 5.56 Å². The van der Waals surface area contributed by atoms with E-state index >= 15 is 0 Å². The van der Waals surface area contributed by atoms with Crippen LogP contribution in [-0.4, -0.2) is 17.5 Å².